The molecule has 2 aromatic carbocycles. The van der Waals surface area contributed by atoms with Crippen LogP contribution in [0.15, 0.2) is 48.5 Å². The highest BCUT2D eigenvalue weighted by molar-refractivity contribution is 6.11. The summed E-state index contributed by atoms with van der Waals surface area (Å²) < 4.78 is 10.0. The van der Waals surface area contributed by atoms with Crippen molar-refractivity contribution in [2.75, 3.05) is 20.3 Å². The molecular weight excluding hydrogens is 514 g/mol. The molecule has 220 valence electrons. The molecule has 1 amide bonds. The quantitative estimate of drug-likeness (QED) is 0.255. The summed E-state index contributed by atoms with van der Waals surface area (Å²) in [4.78, 5) is 62.6. The maximum absolute atomic E-state index is 12.7. The van der Waals surface area contributed by atoms with Gasteiger partial charge in [0.2, 0.25) is 5.91 Å². The van der Waals surface area contributed by atoms with Crippen molar-refractivity contribution < 1.29 is 38.6 Å². The highest BCUT2D eigenvalue weighted by atomic mass is 16.5. The van der Waals surface area contributed by atoms with Crippen LogP contribution in [0.5, 0.6) is 5.75 Å². The highest BCUT2D eigenvalue weighted by Gasteiger charge is 2.43. The summed E-state index contributed by atoms with van der Waals surface area (Å²) in [6, 6.07) is 12.4. The van der Waals surface area contributed by atoms with Gasteiger partial charge in [-0.15, -0.1) is 0 Å². The second kappa shape index (κ2) is 15.5. The Kier molecular flexibility index (Phi) is 14.0. The number of rotatable bonds is 13. The molecule has 2 aromatic rings. The Morgan fingerprint density at radius 3 is 2.08 bits per heavy atom. The van der Waals surface area contributed by atoms with E-state index in [9.17, 15) is 29.1 Å². The standard InChI is InChI=1S/C29H35NO8.2CH4/c1-6-38-27(36)29(4,18-28(2,3)26(35)37-5)15-14-24(33)30-17-23(32)20-12-13-21(22(31)16-20)25(34)19-10-8-7-9-11-19;;/h7-13,16,31H,6,14-15,17-18H2,1-5H3,(H,30,33);2*1H4. The van der Waals surface area contributed by atoms with Gasteiger partial charge in [0.25, 0.3) is 0 Å². The number of phenols is 1. The minimum absolute atomic E-state index is 0. The van der Waals surface area contributed by atoms with E-state index in [0.29, 0.717) is 5.56 Å². The molecule has 0 aliphatic rings. The van der Waals surface area contributed by atoms with Gasteiger partial charge in [-0.2, -0.15) is 0 Å². The molecule has 0 saturated heterocycles. The lowest BCUT2D eigenvalue weighted by atomic mass is 9.71. The zero-order chi connectivity index (χ0) is 28.5. The predicted molar refractivity (Wildman–Crippen MR) is 153 cm³/mol. The molecule has 0 fully saturated rings. The minimum Gasteiger partial charge on any atom is -0.507 e. The molecule has 9 nitrogen and oxygen atoms in total. The number of hydrogen-bond acceptors (Lipinski definition) is 8. The molecule has 0 saturated carbocycles. The van der Waals surface area contributed by atoms with E-state index in [1.165, 1.54) is 25.3 Å². The van der Waals surface area contributed by atoms with Crippen LogP contribution in [0.25, 0.3) is 0 Å². The summed E-state index contributed by atoms with van der Waals surface area (Å²) in [5.41, 5.74) is -1.53. The van der Waals surface area contributed by atoms with Gasteiger partial charge in [0.1, 0.15) is 5.75 Å². The molecule has 40 heavy (non-hydrogen) atoms. The maximum atomic E-state index is 12.7. The van der Waals surface area contributed by atoms with Crippen molar-refractivity contribution in [1.29, 1.82) is 0 Å². The molecule has 2 N–H and O–H groups in total. The molecule has 1 atom stereocenters. The van der Waals surface area contributed by atoms with Crippen LogP contribution in [0, 0.1) is 10.8 Å². The van der Waals surface area contributed by atoms with Gasteiger partial charge in [0.15, 0.2) is 11.6 Å². The van der Waals surface area contributed by atoms with Crippen LogP contribution in [0.4, 0.5) is 0 Å². The molecule has 1 unspecified atom stereocenters. The molecule has 0 aliphatic carbocycles. The van der Waals surface area contributed by atoms with E-state index in [-0.39, 0.29) is 69.9 Å². The second-order valence-electron chi connectivity index (χ2n) is 9.96. The van der Waals surface area contributed by atoms with E-state index in [0.717, 1.165) is 0 Å². The zero-order valence-corrected chi connectivity index (χ0v) is 22.5. The van der Waals surface area contributed by atoms with Gasteiger partial charge in [0, 0.05) is 17.5 Å². The van der Waals surface area contributed by atoms with Gasteiger partial charge in [0.05, 0.1) is 36.7 Å². The van der Waals surface area contributed by atoms with Crippen molar-refractivity contribution in [3.05, 3.63) is 65.2 Å². The van der Waals surface area contributed by atoms with E-state index >= 15 is 0 Å². The van der Waals surface area contributed by atoms with Crippen molar-refractivity contribution in [1.82, 2.24) is 5.32 Å². The van der Waals surface area contributed by atoms with Gasteiger partial charge in [-0.05, 0) is 52.7 Å². The smallest absolute Gasteiger partial charge is 0.311 e. The molecule has 0 aromatic heterocycles. The van der Waals surface area contributed by atoms with E-state index in [4.69, 9.17) is 9.47 Å². The summed E-state index contributed by atoms with van der Waals surface area (Å²) in [5.74, 6) is -2.66. The van der Waals surface area contributed by atoms with Crippen LogP contribution in [0.1, 0.15) is 88.1 Å². The highest BCUT2D eigenvalue weighted by Crippen LogP contribution is 2.39. The Morgan fingerprint density at radius 1 is 0.900 bits per heavy atom. The first-order valence-electron chi connectivity index (χ1n) is 12.3. The largest absolute Gasteiger partial charge is 0.507 e. The van der Waals surface area contributed by atoms with Gasteiger partial charge < -0.3 is 19.9 Å². The lowest BCUT2D eigenvalue weighted by molar-refractivity contribution is -0.161. The summed E-state index contributed by atoms with van der Waals surface area (Å²) in [7, 11) is 1.27. The first kappa shape index (κ1) is 36.0. The number of amides is 1. The SMILES string of the molecule is C.C.CCOC(=O)C(C)(CCC(=O)NCC(=O)c1ccc(C(=O)c2ccccc2)c(O)c1)CC(C)(C)C(=O)OC. The van der Waals surface area contributed by atoms with Gasteiger partial charge in [-0.1, -0.05) is 51.3 Å². The third-order valence-corrected chi connectivity index (χ3v) is 6.29. The number of carbonyl (C=O) groups excluding carboxylic acids is 5. The minimum atomic E-state index is -1.14. The number of Topliss-reactive ketones (excluding diaryl/α,β-unsaturated/α-hetero) is 1. The fraction of sp³-hybridized carbons (Fsp3) is 0.452. The first-order chi connectivity index (χ1) is 17.8. The van der Waals surface area contributed by atoms with Crippen molar-refractivity contribution in [2.45, 2.75) is 61.8 Å². The Hall–Kier alpha value is -4.01. The van der Waals surface area contributed by atoms with Crippen LogP contribution < -0.4 is 5.32 Å². The lowest BCUT2D eigenvalue weighted by Crippen LogP contribution is -2.40. The summed E-state index contributed by atoms with van der Waals surface area (Å²) in [6.45, 7) is 6.43. The number of esters is 2. The summed E-state index contributed by atoms with van der Waals surface area (Å²) in [5, 5.41) is 12.9. The predicted octanol–water partition coefficient (Wildman–Crippen LogP) is 5.13. The number of carbonyl (C=O) groups is 5. The van der Waals surface area contributed by atoms with Gasteiger partial charge >= 0.3 is 11.9 Å². The number of aromatic hydroxyl groups is 1. The van der Waals surface area contributed by atoms with Crippen molar-refractivity contribution in [2.24, 2.45) is 10.8 Å². The molecule has 2 rings (SSSR count). The molecular formula is C31H43NO8. The third-order valence-electron chi connectivity index (χ3n) is 6.29. The van der Waals surface area contributed by atoms with Crippen LogP contribution in [-0.4, -0.2) is 54.8 Å². The number of phenolic OH excluding ortho intramolecular Hbond substituents is 1. The second-order valence-corrected chi connectivity index (χ2v) is 9.96. The molecule has 0 radical (unpaired) electrons. The fourth-order valence-electron chi connectivity index (χ4n) is 4.29. The van der Waals surface area contributed by atoms with Crippen molar-refractivity contribution in [3.8, 4) is 5.75 Å². The molecule has 0 bridgehead atoms. The monoisotopic (exact) mass is 557 g/mol. The van der Waals surface area contributed by atoms with E-state index in [1.54, 1.807) is 58.0 Å². The fourth-order valence-corrected chi connectivity index (χ4v) is 4.29. The normalized spacial score (nSPS) is 12.0. The number of methoxy groups -OCH3 is 1. The van der Waals surface area contributed by atoms with Crippen molar-refractivity contribution >= 4 is 29.4 Å². The number of nitrogens with one attached hydrogen (secondary N) is 1. The average molecular weight is 558 g/mol. The van der Waals surface area contributed by atoms with E-state index < -0.39 is 34.5 Å². The Bertz CT molecular complexity index is 1190. The third kappa shape index (κ3) is 9.32. The number of hydrogen-bond donors (Lipinski definition) is 2. The molecule has 0 aliphatic heterocycles. The first-order valence-corrected chi connectivity index (χ1v) is 12.3. The van der Waals surface area contributed by atoms with Crippen molar-refractivity contribution in [3.63, 3.8) is 0 Å². The van der Waals surface area contributed by atoms with Gasteiger partial charge in [-0.25, -0.2) is 0 Å². The number of ether oxygens (including phenoxy) is 2. The molecule has 9 heteroatoms. The van der Waals surface area contributed by atoms with Crippen LogP contribution in [-0.2, 0) is 23.9 Å². The average Bonchev–Trinajstić information content (AvgIpc) is 2.89. The Morgan fingerprint density at radius 2 is 1.52 bits per heavy atom. The number of benzene rings is 2. The molecule has 0 heterocycles. The van der Waals surface area contributed by atoms with Crippen LogP contribution in [0.3, 0.4) is 0 Å². The van der Waals surface area contributed by atoms with Crippen LogP contribution >= 0.6 is 0 Å². The topological polar surface area (TPSA) is 136 Å². The Balaban J connectivity index is 0.00000760. The summed E-state index contributed by atoms with van der Waals surface area (Å²) in [6.07, 6.45) is 0.101. The lowest BCUT2D eigenvalue weighted by Gasteiger charge is -2.34. The van der Waals surface area contributed by atoms with E-state index in [1.807, 2.05) is 0 Å². The molecule has 0 spiro atoms. The number of ketones is 2. The van der Waals surface area contributed by atoms with E-state index in [2.05, 4.69) is 5.32 Å². The maximum Gasteiger partial charge on any atom is 0.311 e. The van der Waals surface area contributed by atoms with Crippen LogP contribution in [0.2, 0.25) is 0 Å². The zero-order valence-electron chi connectivity index (χ0n) is 22.5. The summed E-state index contributed by atoms with van der Waals surface area (Å²) >= 11 is 0. The Labute approximate surface area is 237 Å². The van der Waals surface area contributed by atoms with Gasteiger partial charge in [-0.3, -0.25) is 24.0 Å².